The smallest absolute Gasteiger partial charge is 0.166 e. The molecule has 0 fully saturated rings. The van der Waals surface area contributed by atoms with Crippen molar-refractivity contribution in [3.63, 3.8) is 0 Å². The molecule has 0 spiro atoms. The highest BCUT2D eigenvalue weighted by molar-refractivity contribution is 5.94. The molecule has 130 valence electrons. The number of allylic oxidation sites excluding steroid dienone is 1. The Kier molecular flexibility index (Phi) is 3.83. The Labute approximate surface area is 148 Å². The van der Waals surface area contributed by atoms with E-state index in [4.69, 9.17) is 14.2 Å². The number of ether oxygens (including phenoxy) is 3. The zero-order valence-electron chi connectivity index (χ0n) is 15.2. The van der Waals surface area contributed by atoms with E-state index >= 15 is 0 Å². The van der Waals surface area contributed by atoms with Crippen LogP contribution in [-0.2, 0) is 13.0 Å². The Morgan fingerprint density at radius 2 is 1.76 bits per heavy atom. The van der Waals surface area contributed by atoms with Crippen molar-refractivity contribution in [2.45, 2.75) is 19.9 Å². The molecule has 0 radical (unpaired) electrons. The SMILES string of the molecule is COc1ccc2c(c1)C1=C(C)c3ccc(OC)c(OC)c3CN1CC2. The fourth-order valence-electron chi connectivity index (χ4n) is 4.07. The standard InChI is InChI=1S/C21H23NO3/c1-13-16-7-8-19(24-3)21(25-4)18(16)12-22-10-9-14-5-6-15(23-2)11-17(14)20(13)22/h5-8,11H,9-10,12H2,1-4H3. The minimum absolute atomic E-state index is 0.788. The summed E-state index contributed by atoms with van der Waals surface area (Å²) >= 11 is 0. The van der Waals surface area contributed by atoms with Gasteiger partial charge in [0, 0.05) is 29.9 Å². The van der Waals surface area contributed by atoms with Gasteiger partial charge in [0.15, 0.2) is 11.5 Å². The van der Waals surface area contributed by atoms with E-state index in [1.807, 2.05) is 6.07 Å². The summed E-state index contributed by atoms with van der Waals surface area (Å²) < 4.78 is 16.6. The Morgan fingerprint density at radius 1 is 0.920 bits per heavy atom. The number of hydrogen-bond acceptors (Lipinski definition) is 4. The molecule has 2 heterocycles. The number of methoxy groups -OCH3 is 3. The largest absolute Gasteiger partial charge is 0.497 e. The van der Waals surface area contributed by atoms with Crippen LogP contribution in [-0.4, -0.2) is 32.8 Å². The molecule has 0 unspecified atom stereocenters. The molecular formula is C21H23NO3. The van der Waals surface area contributed by atoms with Gasteiger partial charge in [-0.25, -0.2) is 0 Å². The predicted octanol–water partition coefficient (Wildman–Crippen LogP) is 3.97. The molecule has 4 nitrogen and oxygen atoms in total. The number of rotatable bonds is 3. The zero-order chi connectivity index (χ0) is 17.6. The predicted molar refractivity (Wildman–Crippen MR) is 99.1 cm³/mol. The molecule has 0 saturated heterocycles. The maximum Gasteiger partial charge on any atom is 0.166 e. The fraction of sp³-hybridized carbons (Fsp3) is 0.333. The van der Waals surface area contributed by atoms with Crippen molar-refractivity contribution in [1.29, 1.82) is 0 Å². The lowest BCUT2D eigenvalue weighted by molar-refractivity contribution is 0.333. The minimum atomic E-state index is 0.788. The van der Waals surface area contributed by atoms with Gasteiger partial charge < -0.3 is 19.1 Å². The first-order chi connectivity index (χ1) is 12.2. The van der Waals surface area contributed by atoms with Crippen LogP contribution < -0.4 is 14.2 Å². The topological polar surface area (TPSA) is 30.9 Å². The highest BCUT2D eigenvalue weighted by Gasteiger charge is 2.31. The third-order valence-corrected chi connectivity index (χ3v) is 5.30. The molecule has 0 amide bonds. The van der Waals surface area contributed by atoms with Crippen LogP contribution in [0.4, 0.5) is 0 Å². The van der Waals surface area contributed by atoms with E-state index in [9.17, 15) is 0 Å². The number of nitrogens with zero attached hydrogens (tertiary/aromatic N) is 1. The molecule has 25 heavy (non-hydrogen) atoms. The van der Waals surface area contributed by atoms with Crippen molar-refractivity contribution in [1.82, 2.24) is 4.90 Å². The molecule has 4 rings (SSSR count). The summed E-state index contributed by atoms with van der Waals surface area (Å²) in [4.78, 5) is 2.45. The van der Waals surface area contributed by atoms with Crippen LogP contribution in [0.1, 0.15) is 29.2 Å². The van der Waals surface area contributed by atoms with Gasteiger partial charge in [0.25, 0.3) is 0 Å². The van der Waals surface area contributed by atoms with E-state index in [0.717, 1.165) is 36.8 Å². The Balaban J connectivity index is 1.94. The molecule has 0 atom stereocenters. The van der Waals surface area contributed by atoms with E-state index in [1.54, 1.807) is 21.3 Å². The summed E-state index contributed by atoms with van der Waals surface area (Å²) in [5.74, 6) is 2.53. The summed E-state index contributed by atoms with van der Waals surface area (Å²) in [6, 6.07) is 10.5. The second-order valence-corrected chi connectivity index (χ2v) is 6.50. The Bertz CT molecular complexity index is 870. The number of fused-ring (bicyclic) bond motifs is 4. The van der Waals surface area contributed by atoms with Crippen LogP contribution in [0.25, 0.3) is 11.3 Å². The highest BCUT2D eigenvalue weighted by atomic mass is 16.5. The quantitative estimate of drug-likeness (QED) is 0.848. The van der Waals surface area contributed by atoms with Gasteiger partial charge >= 0.3 is 0 Å². The van der Waals surface area contributed by atoms with Crippen molar-refractivity contribution in [3.05, 3.63) is 52.6 Å². The molecule has 2 aromatic carbocycles. The van der Waals surface area contributed by atoms with Gasteiger partial charge in [-0.15, -0.1) is 0 Å². The van der Waals surface area contributed by atoms with Crippen LogP contribution in [0.5, 0.6) is 17.2 Å². The van der Waals surface area contributed by atoms with Crippen LogP contribution in [0.15, 0.2) is 30.3 Å². The first-order valence-corrected chi connectivity index (χ1v) is 8.55. The normalized spacial score (nSPS) is 15.3. The summed E-state index contributed by atoms with van der Waals surface area (Å²) in [5, 5.41) is 0. The third kappa shape index (κ3) is 2.36. The molecule has 2 aliphatic rings. The maximum atomic E-state index is 5.67. The Hall–Kier alpha value is -2.62. The van der Waals surface area contributed by atoms with E-state index in [2.05, 4.69) is 36.1 Å². The average Bonchev–Trinajstić information content (AvgIpc) is 2.66. The number of hydrogen-bond donors (Lipinski definition) is 0. The molecular weight excluding hydrogens is 314 g/mol. The molecule has 0 aromatic heterocycles. The first-order valence-electron chi connectivity index (χ1n) is 8.55. The third-order valence-electron chi connectivity index (χ3n) is 5.30. The van der Waals surface area contributed by atoms with Gasteiger partial charge in [0.05, 0.1) is 21.3 Å². The lowest BCUT2D eigenvalue weighted by Crippen LogP contribution is -2.32. The molecule has 0 N–H and O–H groups in total. The van der Waals surface area contributed by atoms with Crippen molar-refractivity contribution < 1.29 is 14.2 Å². The molecule has 0 saturated carbocycles. The second kappa shape index (κ2) is 6.03. The van der Waals surface area contributed by atoms with Gasteiger partial charge in [-0.1, -0.05) is 12.1 Å². The van der Waals surface area contributed by atoms with Crippen molar-refractivity contribution in [3.8, 4) is 17.2 Å². The molecule has 2 aliphatic heterocycles. The van der Waals surface area contributed by atoms with Crippen molar-refractivity contribution >= 4 is 11.3 Å². The molecule has 2 aromatic rings. The molecule has 0 aliphatic carbocycles. The van der Waals surface area contributed by atoms with E-state index < -0.39 is 0 Å². The highest BCUT2D eigenvalue weighted by Crippen LogP contribution is 2.46. The minimum Gasteiger partial charge on any atom is -0.497 e. The van der Waals surface area contributed by atoms with Crippen molar-refractivity contribution in [2.75, 3.05) is 27.9 Å². The van der Waals surface area contributed by atoms with Gasteiger partial charge in [-0.3, -0.25) is 0 Å². The second-order valence-electron chi connectivity index (χ2n) is 6.50. The summed E-state index contributed by atoms with van der Waals surface area (Å²) in [6.07, 6.45) is 1.04. The average molecular weight is 337 g/mol. The van der Waals surface area contributed by atoms with E-state index in [0.29, 0.717) is 0 Å². The van der Waals surface area contributed by atoms with Crippen LogP contribution in [0, 0.1) is 0 Å². The lowest BCUT2D eigenvalue weighted by atomic mass is 9.86. The lowest BCUT2D eigenvalue weighted by Gasteiger charge is -2.39. The van der Waals surface area contributed by atoms with Crippen LogP contribution in [0.2, 0.25) is 0 Å². The van der Waals surface area contributed by atoms with E-state index in [-0.39, 0.29) is 0 Å². The summed E-state index contributed by atoms with van der Waals surface area (Å²) in [6.45, 7) is 4.03. The van der Waals surface area contributed by atoms with Gasteiger partial charge in [-0.2, -0.15) is 0 Å². The van der Waals surface area contributed by atoms with Crippen LogP contribution in [0.3, 0.4) is 0 Å². The van der Waals surface area contributed by atoms with Gasteiger partial charge in [0.2, 0.25) is 0 Å². The van der Waals surface area contributed by atoms with Gasteiger partial charge in [0.1, 0.15) is 5.75 Å². The fourth-order valence-corrected chi connectivity index (χ4v) is 4.07. The first kappa shape index (κ1) is 15.9. The maximum absolute atomic E-state index is 5.67. The Morgan fingerprint density at radius 3 is 2.48 bits per heavy atom. The summed E-state index contributed by atoms with van der Waals surface area (Å²) in [7, 11) is 5.12. The van der Waals surface area contributed by atoms with Crippen LogP contribution >= 0.6 is 0 Å². The van der Waals surface area contributed by atoms with Crippen molar-refractivity contribution in [2.24, 2.45) is 0 Å². The molecule has 4 heteroatoms. The monoisotopic (exact) mass is 337 g/mol. The number of benzene rings is 2. The van der Waals surface area contributed by atoms with Gasteiger partial charge in [-0.05, 0) is 48.2 Å². The zero-order valence-corrected chi connectivity index (χ0v) is 15.2. The molecule has 0 bridgehead atoms. The summed E-state index contributed by atoms with van der Waals surface area (Å²) in [5.41, 5.74) is 7.68. The van der Waals surface area contributed by atoms with E-state index in [1.165, 1.54) is 33.5 Å².